The van der Waals surface area contributed by atoms with Gasteiger partial charge >= 0.3 is 0 Å². The number of amidine groups is 1. The topological polar surface area (TPSA) is 54.3 Å². The smallest absolute Gasteiger partial charge is 0.159 e. The van der Waals surface area contributed by atoms with Crippen molar-refractivity contribution in [3.05, 3.63) is 0 Å². The van der Waals surface area contributed by atoms with Crippen molar-refractivity contribution in [1.82, 2.24) is 4.90 Å². The van der Waals surface area contributed by atoms with Crippen LogP contribution in [0.2, 0.25) is 0 Å². The highest BCUT2D eigenvalue weighted by Crippen LogP contribution is 2.42. The largest absolute Gasteiger partial charge is 0.396 e. The van der Waals surface area contributed by atoms with Crippen LogP contribution in [-0.4, -0.2) is 72.6 Å². The van der Waals surface area contributed by atoms with Gasteiger partial charge in [0.05, 0.1) is 12.1 Å². The number of fused-ring (bicyclic) bond motifs is 1. The molecule has 0 spiro atoms. The Morgan fingerprint density at radius 1 is 1.12 bits per heavy atom. The first-order valence-corrected chi connectivity index (χ1v) is 10.3. The molecule has 0 radical (unpaired) electrons. The fourth-order valence-electron chi connectivity index (χ4n) is 3.37. The van der Waals surface area contributed by atoms with Crippen LogP contribution < -0.4 is 0 Å². The molecule has 0 aromatic rings. The fraction of sp³-hybridized carbons (Fsp3) is 0.944. The van der Waals surface area contributed by atoms with Gasteiger partial charge in [-0.25, -0.2) is 0 Å². The van der Waals surface area contributed by atoms with Crippen molar-refractivity contribution in [2.45, 2.75) is 69.5 Å². The molecule has 0 bridgehead atoms. The van der Waals surface area contributed by atoms with Gasteiger partial charge in [-0.2, -0.15) is 0 Å². The van der Waals surface area contributed by atoms with Gasteiger partial charge in [0.1, 0.15) is 6.10 Å². The molecule has 5 nitrogen and oxygen atoms in total. The summed E-state index contributed by atoms with van der Waals surface area (Å²) in [6, 6.07) is 0.138. The molecule has 140 valence electrons. The van der Waals surface area contributed by atoms with Gasteiger partial charge in [0, 0.05) is 45.1 Å². The van der Waals surface area contributed by atoms with Crippen LogP contribution in [0.3, 0.4) is 0 Å². The Labute approximate surface area is 151 Å². The summed E-state index contributed by atoms with van der Waals surface area (Å²) >= 11 is 1.82. The highest BCUT2D eigenvalue weighted by atomic mass is 32.2. The first kappa shape index (κ1) is 20.0. The van der Waals surface area contributed by atoms with Crippen LogP contribution in [0.25, 0.3) is 0 Å². The van der Waals surface area contributed by atoms with Crippen LogP contribution in [0.5, 0.6) is 0 Å². The van der Waals surface area contributed by atoms with Gasteiger partial charge in [-0.1, -0.05) is 38.5 Å². The molecular formula is C18H34N2O3S. The monoisotopic (exact) mass is 358 g/mol. The first-order chi connectivity index (χ1) is 11.6. The predicted octanol–water partition coefficient (Wildman–Crippen LogP) is 2.77. The van der Waals surface area contributed by atoms with E-state index in [2.05, 4.69) is 18.7 Å². The molecule has 0 saturated heterocycles. The van der Waals surface area contributed by atoms with E-state index in [0.717, 1.165) is 50.5 Å². The summed E-state index contributed by atoms with van der Waals surface area (Å²) in [6.45, 7) is 5.98. The number of aliphatic hydroxyl groups is 1. The standard InChI is InChI=1S/C18H34N2O3S/c1-5-7-9-22-16-13(12-21)11-14-15(17(16)23-10-8-6-2)19-18(24-14)20(3)4/h13-17,21H,5-12H2,1-4H3/t13-,14+,15+,16-,17-/m1/s1. The van der Waals surface area contributed by atoms with Crippen molar-refractivity contribution < 1.29 is 14.6 Å². The average Bonchev–Trinajstić information content (AvgIpc) is 3.00. The lowest BCUT2D eigenvalue weighted by atomic mass is 9.81. The number of hydrogen-bond acceptors (Lipinski definition) is 6. The number of thioether (sulfide) groups is 1. The Bertz CT molecular complexity index is 406. The summed E-state index contributed by atoms with van der Waals surface area (Å²) in [5.74, 6) is 0.138. The summed E-state index contributed by atoms with van der Waals surface area (Å²) in [5.41, 5.74) is 0. The van der Waals surface area contributed by atoms with E-state index >= 15 is 0 Å². The Hall–Kier alpha value is -0.300. The first-order valence-electron chi connectivity index (χ1n) is 9.38. The van der Waals surface area contributed by atoms with E-state index in [1.807, 2.05) is 25.9 Å². The normalized spacial score (nSPS) is 32.5. The van der Waals surface area contributed by atoms with Crippen molar-refractivity contribution in [3.63, 3.8) is 0 Å². The Kier molecular flexibility index (Phi) is 8.34. The lowest BCUT2D eigenvalue weighted by Crippen LogP contribution is -2.54. The lowest BCUT2D eigenvalue weighted by molar-refractivity contribution is -0.130. The number of rotatable bonds is 9. The quantitative estimate of drug-likeness (QED) is 0.642. The molecule has 2 rings (SSSR count). The van der Waals surface area contributed by atoms with Gasteiger partial charge in [0.25, 0.3) is 0 Å². The van der Waals surface area contributed by atoms with Crippen molar-refractivity contribution in [2.24, 2.45) is 10.9 Å². The molecule has 1 fully saturated rings. The molecule has 0 amide bonds. The van der Waals surface area contributed by atoms with Crippen LogP contribution in [-0.2, 0) is 9.47 Å². The molecule has 5 atom stereocenters. The van der Waals surface area contributed by atoms with Gasteiger partial charge in [-0.05, 0) is 19.3 Å². The van der Waals surface area contributed by atoms with Gasteiger partial charge < -0.3 is 19.5 Å². The minimum absolute atomic E-state index is 0.0470. The van der Waals surface area contributed by atoms with Crippen LogP contribution in [0.4, 0.5) is 0 Å². The number of aliphatic imine (C=N–C) groups is 1. The van der Waals surface area contributed by atoms with Crippen molar-refractivity contribution >= 4 is 16.9 Å². The van der Waals surface area contributed by atoms with Gasteiger partial charge in [0.15, 0.2) is 5.17 Å². The fourth-order valence-corrected chi connectivity index (χ4v) is 4.73. The molecule has 24 heavy (non-hydrogen) atoms. The van der Waals surface area contributed by atoms with E-state index in [0.29, 0.717) is 5.25 Å². The lowest BCUT2D eigenvalue weighted by Gasteiger charge is -2.42. The van der Waals surface area contributed by atoms with Gasteiger partial charge in [0.2, 0.25) is 0 Å². The molecule has 1 aliphatic heterocycles. The number of unbranched alkanes of at least 4 members (excludes halogenated alkanes) is 2. The Balaban J connectivity index is 2.14. The third-order valence-electron chi connectivity index (χ3n) is 4.79. The molecule has 1 aliphatic carbocycles. The van der Waals surface area contributed by atoms with E-state index in [1.165, 1.54) is 0 Å². The number of ether oxygens (including phenoxy) is 2. The van der Waals surface area contributed by atoms with Crippen molar-refractivity contribution in [3.8, 4) is 0 Å². The van der Waals surface area contributed by atoms with Crippen molar-refractivity contribution in [1.29, 1.82) is 0 Å². The van der Waals surface area contributed by atoms with E-state index < -0.39 is 0 Å². The maximum Gasteiger partial charge on any atom is 0.159 e. The van der Waals surface area contributed by atoms with Crippen LogP contribution in [0, 0.1) is 5.92 Å². The highest BCUT2D eigenvalue weighted by Gasteiger charge is 2.49. The zero-order valence-corrected chi connectivity index (χ0v) is 16.4. The van der Waals surface area contributed by atoms with Crippen LogP contribution >= 0.6 is 11.8 Å². The van der Waals surface area contributed by atoms with Gasteiger partial charge in [-0.3, -0.25) is 4.99 Å². The van der Waals surface area contributed by atoms with Gasteiger partial charge in [-0.15, -0.1) is 0 Å². The summed E-state index contributed by atoms with van der Waals surface area (Å²) < 4.78 is 12.5. The van der Waals surface area contributed by atoms with E-state index in [-0.39, 0.29) is 30.8 Å². The Morgan fingerprint density at radius 3 is 2.29 bits per heavy atom. The summed E-state index contributed by atoms with van der Waals surface area (Å²) in [5, 5.41) is 11.4. The summed E-state index contributed by atoms with van der Waals surface area (Å²) in [4.78, 5) is 7.01. The summed E-state index contributed by atoms with van der Waals surface area (Å²) in [7, 11) is 4.07. The molecule has 6 heteroatoms. The maximum atomic E-state index is 9.91. The molecule has 1 saturated carbocycles. The molecule has 1 N–H and O–H groups in total. The Morgan fingerprint density at radius 2 is 1.75 bits per heavy atom. The SMILES string of the molecule is CCCCO[C@@H]1[C@@H](CO)C[C@@H]2SC(N(C)C)=N[C@@H]2[C@H]1OCCCC. The highest BCUT2D eigenvalue weighted by molar-refractivity contribution is 8.14. The second-order valence-corrected chi connectivity index (χ2v) is 8.22. The van der Waals surface area contributed by atoms with Crippen LogP contribution in [0.15, 0.2) is 4.99 Å². The molecule has 0 aromatic carbocycles. The second kappa shape index (κ2) is 10.00. The van der Waals surface area contributed by atoms with Crippen molar-refractivity contribution in [2.75, 3.05) is 33.9 Å². The van der Waals surface area contributed by atoms with E-state index in [9.17, 15) is 5.11 Å². The zero-order chi connectivity index (χ0) is 17.5. The second-order valence-electron chi connectivity index (χ2n) is 7.01. The number of nitrogens with zero attached hydrogens (tertiary/aromatic N) is 2. The average molecular weight is 359 g/mol. The minimum atomic E-state index is -0.0504. The third kappa shape index (κ3) is 4.87. The summed E-state index contributed by atoms with van der Waals surface area (Å²) in [6.07, 6.45) is 5.17. The third-order valence-corrected chi connectivity index (χ3v) is 6.25. The molecule has 1 heterocycles. The maximum absolute atomic E-state index is 9.91. The number of hydrogen-bond donors (Lipinski definition) is 1. The molecule has 0 aromatic heterocycles. The molecule has 2 aliphatic rings. The zero-order valence-electron chi connectivity index (χ0n) is 15.6. The predicted molar refractivity (Wildman–Crippen MR) is 101 cm³/mol. The molecule has 0 unspecified atom stereocenters. The van der Waals surface area contributed by atoms with Crippen LogP contribution in [0.1, 0.15) is 46.0 Å². The molecular weight excluding hydrogens is 324 g/mol. The van der Waals surface area contributed by atoms with E-state index in [1.54, 1.807) is 0 Å². The number of aliphatic hydroxyl groups excluding tert-OH is 1. The minimum Gasteiger partial charge on any atom is -0.396 e. The van der Waals surface area contributed by atoms with E-state index in [4.69, 9.17) is 14.5 Å².